The predicted octanol–water partition coefficient (Wildman–Crippen LogP) is 3.15. The molecule has 0 saturated carbocycles. The van der Waals surface area contributed by atoms with Crippen LogP contribution < -0.4 is 0 Å². The summed E-state index contributed by atoms with van der Waals surface area (Å²) in [5.74, 6) is 3.49. The first-order valence-corrected chi connectivity index (χ1v) is 8.47. The first-order chi connectivity index (χ1) is 7.77. The van der Waals surface area contributed by atoms with Crippen molar-refractivity contribution in [1.82, 2.24) is 4.90 Å². The lowest BCUT2D eigenvalue weighted by molar-refractivity contribution is -0.132. The zero-order chi connectivity index (χ0) is 11.8. The smallest absolute Gasteiger partial charge is 0.222 e. The summed E-state index contributed by atoms with van der Waals surface area (Å²) >= 11 is 5.44. The zero-order valence-electron chi connectivity index (χ0n) is 10.1. The van der Waals surface area contributed by atoms with Gasteiger partial charge in [0.05, 0.1) is 0 Å². The number of carbonyl (C=O) groups excluding carboxylic acids is 1. The van der Waals surface area contributed by atoms with Crippen molar-refractivity contribution in [2.75, 3.05) is 29.9 Å². The number of nitrogens with zero attached hydrogens (tertiary/aromatic N) is 1. The van der Waals surface area contributed by atoms with E-state index in [4.69, 9.17) is 0 Å². The molecule has 16 heavy (non-hydrogen) atoms. The fraction of sp³-hybridized carbons (Fsp3) is 0.917. The molecular formula is C12H22BrNOS. The number of halogens is 1. The third-order valence-corrected chi connectivity index (χ3v) is 4.71. The van der Waals surface area contributed by atoms with E-state index in [0.717, 1.165) is 31.3 Å². The lowest BCUT2D eigenvalue weighted by atomic mass is 9.98. The molecule has 1 aliphatic heterocycles. The molecule has 1 aliphatic rings. The Morgan fingerprint density at radius 3 is 2.69 bits per heavy atom. The van der Waals surface area contributed by atoms with E-state index in [1.807, 2.05) is 16.7 Å². The van der Waals surface area contributed by atoms with E-state index in [1.165, 1.54) is 24.3 Å². The van der Waals surface area contributed by atoms with Gasteiger partial charge in [0, 0.05) is 24.8 Å². The molecule has 2 nitrogen and oxygen atoms in total. The minimum Gasteiger partial charge on any atom is -0.343 e. The molecule has 0 N–H and O–H groups in total. The van der Waals surface area contributed by atoms with Gasteiger partial charge in [-0.25, -0.2) is 0 Å². The highest BCUT2D eigenvalue weighted by Crippen LogP contribution is 2.25. The number of hydrogen-bond acceptors (Lipinski definition) is 2. The van der Waals surface area contributed by atoms with E-state index < -0.39 is 0 Å². The zero-order valence-corrected chi connectivity index (χ0v) is 12.5. The summed E-state index contributed by atoms with van der Waals surface area (Å²) in [5.41, 5.74) is 0. The van der Waals surface area contributed by atoms with Crippen LogP contribution in [0.4, 0.5) is 0 Å². The molecule has 1 amide bonds. The minimum atomic E-state index is 0.361. The molecule has 0 aromatic rings. The number of amides is 1. The maximum atomic E-state index is 12.1. The van der Waals surface area contributed by atoms with E-state index >= 15 is 0 Å². The molecule has 0 aromatic heterocycles. The molecule has 1 fully saturated rings. The van der Waals surface area contributed by atoms with E-state index in [9.17, 15) is 4.79 Å². The Bertz CT molecular complexity index is 207. The Balaban J connectivity index is 2.29. The lowest BCUT2D eigenvalue weighted by Crippen LogP contribution is -2.33. The Morgan fingerprint density at radius 2 is 2.12 bits per heavy atom. The summed E-state index contributed by atoms with van der Waals surface area (Å²) in [6, 6.07) is 0. The van der Waals surface area contributed by atoms with Crippen LogP contribution in [-0.2, 0) is 4.79 Å². The van der Waals surface area contributed by atoms with Crippen LogP contribution in [0, 0.1) is 5.92 Å². The van der Waals surface area contributed by atoms with Gasteiger partial charge in [-0.15, -0.1) is 0 Å². The largest absolute Gasteiger partial charge is 0.343 e. The number of rotatable bonds is 6. The Kier molecular flexibility index (Phi) is 7.54. The SMILES string of the molecule is CCN(CCCBr)C(=O)CC1CCSCC1. The van der Waals surface area contributed by atoms with Gasteiger partial charge in [0.1, 0.15) is 0 Å². The molecule has 1 rings (SSSR count). The first kappa shape index (κ1) is 14.4. The second kappa shape index (κ2) is 8.40. The Labute approximate surface area is 112 Å². The van der Waals surface area contributed by atoms with Crippen molar-refractivity contribution >= 4 is 33.6 Å². The molecule has 4 heteroatoms. The minimum absolute atomic E-state index is 0.361. The number of carbonyl (C=O) groups is 1. The van der Waals surface area contributed by atoms with Gasteiger partial charge < -0.3 is 4.90 Å². The number of hydrogen-bond donors (Lipinski definition) is 0. The molecule has 1 saturated heterocycles. The highest BCUT2D eigenvalue weighted by atomic mass is 79.9. The molecule has 0 radical (unpaired) electrons. The van der Waals surface area contributed by atoms with Crippen molar-refractivity contribution in [3.63, 3.8) is 0 Å². The fourth-order valence-electron chi connectivity index (χ4n) is 2.04. The van der Waals surface area contributed by atoms with Crippen molar-refractivity contribution in [3.8, 4) is 0 Å². The summed E-state index contributed by atoms with van der Waals surface area (Å²) in [7, 11) is 0. The molecule has 0 bridgehead atoms. The third kappa shape index (κ3) is 5.09. The van der Waals surface area contributed by atoms with Gasteiger partial charge in [-0.3, -0.25) is 4.79 Å². The monoisotopic (exact) mass is 307 g/mol. The van der Waals surface area contributed by atoms with Gasteiger partial charge in [0.15, 0.2) is 0 Å². The summed E-state index contributed by atoms with van der Waals surface area (Å²) in [4.78, 5) is 14.1. The fourth-order valence-corrected chi connectivity index (χ4v) is 3.49. The van der Waals surface area contributed by atoms with Crippen LogP contribution in [0.15, 0.2) is 0 Å². The van der Waals surface area contributed by atoms with Crippen molar-refractivity contribution in [2.45, 2.75) is 32.6 Å². The third-order valence-electron chi connectivity index (χ3n) is 3.10. The second-order valence-corrected chi connectivity index (χ2v) is 6.29. The summed E-state index contributed by atoms with van der Waals surface area (Å²) in [6.45, 7) is 3.83. The van der Waals surface area contributed by atoms with Crippen molar-refractivity contribution in [3.05, 3.63) is 0 Å². The van der Waals surface area contributed by atoms with Gasteiger partial charge in [0.25, 0.3) is 0 Å². The molecule has 94 valence electrons. The Hall–Kier alpha value is 0.300. The quantitative estimate of drug-likeness (QED) is 0.703. The Morgan fingerprint density at radius 1 is 1.44 bits per heavy atom. The van der Waals surface area contributed by atoms with Gasteiger partial charge >= 0.3 is 0 Å². The van der Waals surface area contributed by atoms with Crippen molar-refractivity contribution < 1.29 is 4.79 Å². The van der Waals surface area contributed by atoms with Crippen molar-refractivity contribution in [2.24, 2.45) is 5.92 Å². The molecule has 0 aromatic carbocycles. The topological polar surface area (TPSA) is 20.3 Å². The van der Waals surface area contributed by atoms with Gasteiger partial charge in [-0.1, -0.05) is 15.9 Å². The van der Waals surface area contributed by atoms with Crippen LogP contribution in [0.5, 0.6) is 0 Å². The summed E-state index contributed by atoms with van der Waals surface area (Å²) in [6.07, 6.45) is 4.29. The maximum Gasteiger partial charge on any atom is 0.222 e. The molecule has 0 unspecified atom stereocenters. The van der Waals surface area contributed by atoms with E-state index in [0.29, 0.717) is 11.8 Å². The summed E-state index contributed by atoms with van der Waals surface area (Å²) in [5, 5.41) is 0.983. The van der Waals surface area contributed by atoms with Gasteiger partial charge in [-0.2, -0.15) is 11.8 Å². The van der Waals surface area contributed by atoms with E-state index in [1.54, 1.807) is 0 Å². The highest BCUT2D eigenvalue weighted by Gasteiger charge is 2.20. The van der Waals surface area contributed by atoms with Crippen LogP contribution >= 0.6 is 27.7 Å². The predicted molar refractivity (Wildman–Crippen MR) is 75.3 cm³/mol. The van der Waals surface area contributed by atoms with Crippen molar-refractivity contribution in [1.29, 1.82) is 0 Å². The van der Waals surface area contributed by atoms with Gasteiger partial charge in [0.2, 0.25) is 5.91 Å². The molecule has 0 atom stereocenters. The average Bonchev–Trinajstić information content (AvgIpc) is 2.31. The van der Waals surface area contributed by atoms with Crippen LogP contribution in [0.3, 0.4) is 0 Å². The normalized spacial score (nSPS) is 17.4. The molecule has 0 aliphatic carbocycles. The van der Waals surface area contributed by atoms with Crippen LogP contribution in [0.1, 0.15) is 32.6 Å². The number of alkyl halides is 1. The lowest BCUT2D eigenvalue weighted by Gasteiger charge is -2.25. The molecule has 1 heterocycles. The summed E-state index contributed by atoms with van der Waals surface area (Å²) < 4.78 is 0. The van der Waals surface area contributed by atoms with E-state index in [2.05, 4.69) is 22.9 Å². The van der Waals surface area contributed by atoms with Crippen LogP contribution in [0.25, 0.3) is 0 Å². The molecular weight excluding hydrogens is 286 g/mol. The average molecular weight is 308 g/mol. The standard InChI is InChI=1S/C12H22BrNOS/c1-2-14(7-3-6-13)12(15)10-11-4-8-16-9-5-11/h11H,2-10H2,1H3. The first-order valence-electron chi connectivity index (χ1n) is 6.19. The van der Waals surface area contributed by atoms with E-state index in [-0.39, 0.29) is 0 Å². The number of thioether (sulfide) groups is 1. The van der Waals surface area contributed by atoms with Crippen LogP contribution in [0.2, 0.25) is 0 Å². The van der Waals surface area contributed by atoms with Gasteiger partial charge in [-0.05, 0) is 43.6 Å². The van der Waals surface area contributed by atoms with Crippen LogP contribution in [-0.4, -0.2) is 40.7 Å². The maximum absolute atomic E-state index is 12.1. The highest BCUT2D eigenvalue weighted by molar-refractivity contribution is 9.09. The molecule has 0 spiro atoms. The second-order valence-electron chi connectivity index (χ2n) is 4.28.